The number of rotatable bonds is 3. The number of hydrogen-bond acceptors (Lipinski definition) is 5. The standard InChI is InChI=1S/C14H16N6O/c1-8-9(7-20(2)19-8)6-16-14-17-12-4-3-10(15)5-11(12)13(21)18-14/h3-5,7H,6,15H2,1-2H3,(H2,16,17,18,21). The average molecular weight is 284 g/mol. The van der Waals surface area contributed by atoms with Crippen molar-refractivity contribution in [3.63, 3.8) is 0 Å². The van der Waals surface area contributed by atoms with Crippen LogP contribution in [0.15, 0.2) is 29.2 Å². The quantitative estimate of drug-likeness (QED) is 0.626. The minimum Gasteiger partial charge on any atom is -0.399 e. The first-order chi connectivity index (χ1) is 10.0. The Kier molecular flexibility index (Phi) is 3.09. The van der Waals surface area contributed by atoms with Gasteiger partial charge in [0, 0.05) is 31.0 Å². The molecule has 0 saturated heterocycles. The van der Waals surface area contributed by atoms with Gasteiger partial charge in [0.15, 0.2) is 0 Å². The van der Waals surface area contributed by atoms with E-state index in [4.69, 9.17) is 5.73 Å². The smallest absolute Gasteiger partial charge is 0.260 e. The lowest BCUT2D eigenvalue weighted by Gasteiger charge is -2.06. The lowest BCUT2D eigenvalue weighted by atomic mass is 10.2. The molecule has 21 heavy (non-hydrogen) atoms. The van der Waals surface area contributed by atoms with Crippen LogP contribution < -0.4 is 16.6 Å². The summed E-state index contributed by atoms with van der Waals surface area (Å²) < 4.78 is 1.76. The summed E-state index contributed by atoms with van der Waals surface area (Å²) in [5, 5.41) is 7.87. The summed E-state index contributed by atoms with van der Waals surface area (Å²) in [6.07, 6.45) is 1.93. The third-order valence-corrected chi connectivity index (χ3v) is 3.29. The van der Waals surface area contributed by atoms with E-state index in [1.807, 2.05) is 20.2 Å². The van der Waals surface area contributed by atoms with Crippen molar-refractivity contribution < 1.29 is 0 Å². The minimum absolute atomic E-state index is 0.210. The van der Waals surface area contributed by atoms with Gasteiger partial charge in [0.05, 0.1) is 16.6 Å². The molecule has 0 unspecified atom stereocenters. The molecule has 4 N–H and O–H groups in total. The summed E-state index contributed by atoms with van der Waals surface area (Å²) in [4.78, 5) is 19.1. The van der Waals surface area contributed by atoms with Crippen molar-refractivity contribution in [1.29, 1.82) is 0 Å². The van der Waals surface area contributed by atoms with E-state index in [2.05, 4.69) is 20.4 Å². The van der Waals surface area contributed by atoms with Gasteiger partial charge in [-0.1, -0.05) is 0 Å². The van der Waals surface area contributed by atoms with E-state index in [-0.39, 0.29) is 5.56 Å². The molecule has 0 aliphatic carbocycles. The molecule has 1 aromatic carbocycles. The van der Waals surface area contributed by atoms with Gasteiger partial charge in [-0.25, -0.2) is 4.98 Å². The topological polar surface area (TPSA) is 102 Å². The fraction of sp³-hybridized carbons (Fsp3) is 0.214. The molecule has 0 amide bonds. The van der Waals surface area contributed by atoms with Crippen molar-refractivity contribution in [1.82, 2.24) is 19.7 Å². The molecule has 0 radical (unpaired) electrons. The lowest BCUT2D eigenvalue weighted by Crippen LogP contribution is -2.13. The van der Waals surface area contributed by atoms with Crippen LogP contribution >= 0.6 is 0 Å². The van der Waals surface area contributed by atoms with E-state index in [1.165, 1.54) is 0 Å². The van der Waals surface area contributed by atoms with Crippen molar-refractivity contribution in [2.45, 2.75) is 13.5 Å². The van der Waals surface area contributed by atoms with Crippen LogP contribution in [0.4, 0.5) is 11.6 Å². The number of nitrogen functional groups attached to an aromatic ring is 1. The van der Waals surface area contributed by atoms with E-state index in [9.17, 15) is 4.79 Å². The molecule has 0 fully saturated rings. The molecule has 3 rings (SSSR count). The van der Waals surface area contributed by atoms with Gasteiger partial charge < -0.3 is 11.1 Å². The Bertz CT molecular complexity index is 864. The maximum absolute atomic E-state index is 12.0. The number of nitrogens with one attached hydrogen (secondary N) is 2. The van der Waals surface area contributed by atoms with Crippen LogP contribution in [-0.2, 0) is 13.6 Å². The van der Waals surface area contributed by atoms with Crippen molar-refractivity contribution in [2.24, 2.45) is 7.05 Å². The molecule has 7 nitrogen and oxygen atoms in total. The van der Waals surface area contributed by atoms with Gasteiger partial charge >= 0.3 is 0 Å². The number of hydrogen-bond donors (Lipinski definition) is 3. The van der Waals surface area contributed by atoms with Gasteiger partial charge in [-0.05, 0) is 25.1 Å². The first-order valence-corrected chi connectivity index (χ1v) is 6.55. The number of nitrogens with zero attached hydrogens (tertiary/aromatic N) is 3. The Labute approximate surface area is 120 Å². The second-order valence-corrected chi connectivity index (χ2v) is 4.96. The van der Waals surface area contributed by atoms with Crippen LogP contribution in [0.3, 0.4) is 0 Å². The van der Waals surface area contributed by atoms with Crippen molar-refractivity contribution in [2.75, 3.05) is 11.1 Å². The molecule has 0 spiro atoms. The monoisotopic (exact) mass is 284 g/mol. The zero-order valence-corrected chi connectivity index (χ0v) is 11.8. The highest BCUT2D eigenvalue weighted by atomic mass is 16.1. The number of aryl methyl sites for hydroxylation is 2. The predicted molar refractivity (Wildman–Crippen MR) is 82.0 cm³/mol. The number of anilines is 2. The van der Waals surface area contributed by atoms with Gasteiger partial charge in [-0.15, -0.1) is 0 Å². The first kappa shape index (κ1) is 13.2. The van der Waals surface area contributed by atoms with E-state index in [1.54, 1.807) is 22.9 Å². The lowest BCUT2D eigenvalue weighted by molar-refractivity contribution is 0.756. The molecular formula is C14H16N6O. The molecule has 0 aliphatic heterocycles. The second-order valence-electron chi connectivity index (χ2n) is 4.96. The van der Waals surface area contributed by atoms with Gasteiger partial charge in [0.2, 0.25) is 5.95 Å². The van der Waals surface area contributed by atoms with Crippen molar-refractivity contribution in [3.8, 4) is 0 Å². The Balaban J connectivity index is 1.89. The van der Waals surface area contributed by atoms with Gasteiger partial charge in [0.25, 0.3) is 5.56 Å². The van der Waals surface area contributed by atoms with E-state index < -0.39 is 0 Å². The largest absolute Gasteiger partial charge is 0.399 e. The third-order valence-electron chi connectivity index (χ3n) is 3.29. The minimum atomic E-state index is -0.210. The van der Waals surface area contributed by atoms with Crippen LogP contribution in [0.1, 0.15) is 11.3 Å². The zero-order valence-electron chi connectivity index (χ0n) is 11.8. The Morgan fingerprint density at radius 3 is 2.95 bits per heavy atom. The summed E-state index contributed by atoms with van der Waals surface area (Å²) >= 11 is 0. The molecule has 2 heterocycles. The maximum atomic E-state index is 12.0. The van der Waals surface area contributed by atoms with Gasteiger partial charge in [-0.2, -0.15) is 5.10 Å². The zero-order chi connectivity index (χ0) is 15.0. The molecule has 2 aromatic heterocycles. The second kappa shape index (κ2) is 4.93. The van der Waals surface area contributed by atoms with Gasteiger partial charge in [-0.3, -0.25) is 14.5 Å². The summed E-state index contributed by atoms with van der Waals surface area (Å²) in [5.74, 6) is 0.431. The Morgan fingerprint density at radius 1 is 1.43 bits per heavy atom. The van der Waals surface area contributed by atoms with Crippen LogP contribution in [0.5, 0.6) is 0 Å². The highest BCUT2D eigenvalue weighted by Gasteiger charge is 2.06. The number of aromatic amines is 1. The number of H-pyrrole nitrogens is 1. The fourth-order valence-corrected chi connectivity index (χ4v) is 2.24. The fourth-order valence-electron chi connectivity index (χ4n) is 2.24. The normalized spacial score (nSPS) is 11.0. The Hall–Kier alpha value is -2.83. The molecule has 3 aromatic rings. The molecule has 0 aliphatic rings. The average Bonchev–Trinajstić information content (AvgIpc) is 2.75. The number of aromatic nitrogens is 4. The molecule has 108 valence electrons. The summed E-state index contributed by atoms with van der Waals surface area (Å²) in [6.45, 7) is 2.49. The summed E-state index contributed by atoms with van der Waals surface area (Å²) in [5.41, 5.74) is 8.62. The van der Waals surface area contributed by atoms with Crippen LogP contribution in [0, 0.1) is 6.92 Å². The van der Waals surface area contributed by atoms with Crippen LogP contribution in [-0.4, -0.2) is 19.7 Å². The molecule has 0 bridgehead atoms. The molecular weight excluding hydrogens is 268 g/mol. The number of benzene rings is 1. The van der Waals surface area contributed by atoms with Crippen molar-refractivity contribution >= 4 is 22.5 Å². The van der Waals surface area contributed by atoms with E-state index in [0.29, 0.717) is 29.1 Å². The third kappa shape index (κ3) is 2.58. The summed E-state index contributed by atoms with van der Waals surface area (Å²) in [6, 6.07) is 5.08. The SMILES string of the molecule is Cc1nn(C)cc1CNc1nc2ccc(N)cc2c(=O)[nH]1. The van der Waals surface area contributed by atoms with E-state index >= 15 is 0 Å². The highest BCUT2D eigenvalue weighted by molar-refractivity contribution is 5.81. The number of nitrogens with two attached hydrogens (primary N) is 1. The Morgan fingerprint density at radius 2 is 2.24 bits per heavy atom. The van der Waals surface area contributed by atoms with Crippen LogP contribution in [0.25, 0.3) is 10.9 Å². The van der Waals surface area contributed by atoms with Crippen molar-refractivity contribution in [3.05, 3.63) is 46.0 Å². The first-order valence-electron chi connectivity index (χ1n) is 6.55. The van der Waals surface area contributed by atoms with Gasteiger partial charge in [0.1, 0.15) is 0 Å². The maximum Gasteiger partial charge on any atom is 0.260 e. The van der Waals surface area contributed by atoms with E-state index in [0.717, 1.165) is 11.3 Å². The summed E-state index contributed by atoms with van der Waals surface area (Å²) in [7, 11) is 1.87. The molecule has 7 heteroatoms. The van der Waals surface area contributed by atoms with Crippen LogP contribution in [0.2, 0.25) is 0 Å². The number of fused-ring (bicyclic) bond motifs is 1. The molecule has 0 saturated carbocycles. The predicted octanol–water partition coefficient (Wildman–Crippen LogP) is 1.16. The highest BCUT2D eigenvalue weighted by Crippen LogP contribution is 2.13. The molecule has 0 atom stereocenters.